The fourth-order valence-corrected chi connectivity index (χ4v) is 2.52. The molecule has 1 aliphatic rings. The molecule has 94 valence electrons. The molecule has 0 amide bonds. The van der Waals surface area contributed by atoms with Crippen molar-refractivity contribution in [3.05, 3.63) is 28.2 Å². The third kappa shape index (κ3) is 3.71. The summed E-state index contributed by atoms with van der Waals surface area (Å²) in [7, 11) is 0. The molecular formula is C14H21BrN2. The van der Waals surface area contributed by atoms with E-state index in [-0.39, 0.29) is 0 Å². The number of hydrogen-bond acceptors (Lipinski definition) is 2. The van der Waals surface area contributed by atoms with Crippen molar-refractivity contribution in [2.75, 3.05) is 12.3 Å². The molecule has 1 aromatic carbocycles. The van der Waals surface area contributed by atoms with Gasteiger partial charge in [-0.1, -0.05) is 19.4 Å². The highest BCUT2D eigenvalue weighted by molar-refractivity contribution is 9.10. The summed E-state index contributed by atoms with van der Waals surface area (Å²) >= 11 is 3.50. The maximum absolute atomic E-state index is 5.81. The van der Waals surface area contributed by atoms with Crippen LogP contribution in [0.5, 0.6) is 0 Å². The van der Waals surface area contributed by atoms with Crippen LogP contribution in [-0.2, 0) is 6.54 Å². The molecule has 1 saturated carbocycles. The zero-order chi connectivity index (χ0) is 12.3. The molecule has 0 aliphatic heterocycles. The summed E-state index contributed by atoms with van der Waals surface area (Å²) in [6, 6.07) is 7.11. The minimum Gasteiger partial charge on any atom is -0.398 e. The van der Waals surface area contributed by atoms with Crippen molar-refractivity contribution in [3.63, 3.8) is 0 Å². The predicted octanol–water partition coefficient (Wildman–Crippen LogP) is 3.80. The Morgan fingerprint density at radius 1 is 1.41 bits per heavy atom. The molecule has 2 nitrogen and oxygen atoms in total. The molecule has 0 radical (unpaired) electrons. The van der Waals surface area contributed by atoms with Crippen LogP contribution >= 0.6 is 15.9 Å². The second-order valence-corrected chi connectivity index (χ2v) is 5.77. The molecule has 2 rings (SSSR count). The van der Waals surface area contributed by atoms with Crippen LogP contribution < -0.4 is 5.73 Å². The first-order valence-electron chi connectivity index (χ1n) is 6.48. The lowest BCUT2D eigenvalue weighted by Crippen LogP contribution is -2.26. The SMILES string of the molecule is CCCCN(Cc1ccc(N)c(Br)c1)C1CC1. The van der Waals surface area contributed by atoms with E-state index in [2.05, 4.69) is 39.9 Å². The zero-order valence-electron chi connectivity index (χ0n) is 10.5. The van der Waals surface area contributed by atoms with Crippen molar-refractivity contribution in [1.82, 2.24) is 4.90 Å². The largest absolute Gasteiger partial charge is 0.398 e. The lowest BCUT2D eigenvalue weighted by molar-refractivity contribution is 0.250. The maximum Gasteiger partial charge on any atom is 0.0458 e. The van der Waals surface area contributed by atoms with Crippen LogP contribution in [-0.4, -0.2) is 17.5 Å². The monoisotopic (exact) mass is 296 g/mol. The first-order valence-corrected chi connectivity index (χ1v) is 7.28. The fraction of sp³-hybridized carbons (Fsp3) is 0.571. The van der Waals surface area contributed by atoms with E-state index >= 15 is 0 Å². The number of anilines is 1. The summed E-state index contributed by atoms with van der Waals surface area (Å²) in [5.74, 6) is 0. The van der Waals surface area contributed by atoms with Crippen LogP contribution in [0.3, 0.4) is 0 Å². The molecule has 0 unspecified atom stereocenters. The number of benzene rings is 1. The number of halogens is 1. The zero-order valence-corrected chi connectivity index (χ0v) is 12.0. The lowest BCUT2D eigenvalue weighted by atomic mass is 10.2. The van der Waals surface area contributed by atoms with Crippen molar-refractivity contribution in [2.45, 2.75) is 45.2 Å². The molecule has 0 atom stereocenters. The van der Waals surface area contributed by atoms with E-state index in [0.29, 0.717) is 0 Å². The predicted molar refractivity (Wildman–Crippen MR) is 76.9 cm³/mol. The van der Waals surface area contributed by atoms with E-state index in [1.807, 2.05) is 6.07 Å². The van der Waals surface area contributed by atoms with Gasteiger partial charge in [-0.25, -0.2) is 0 Å². The molecule has 0 heterocycles. The smallest absolute Gasteiger partial charge is 0.0458 e. The Bertz CT molecular complexity index is 374. The van der Waals surface area contributed by atoms with E-state index < -0.39 is 0 Å². The maximum atomic E-state index is 5.81. The molecule has 0 saturated heterocycles. The van der Waals surface area contributed by atoms with Gasteiger partial charge in [-0.3, -0.25) is 4.90 Å². The molecule has 2 N–H and O–H groups in total. The number of rotatable bonds is 6. The minimum atomic E-state index is 0.820. The molecule has 1 aliphatic carbocycles. The number of nitrogens with two attached hydrogens (primary N) is 1. The van der Waals surface area contributed by atoms with E-state index in [4.69, 9.17) is 5.73 Å². The Balaban J connectivity index is 1.98. The summed E-state index contributed by atoms with van der Waals surface area (Å²) in [5.41, 5.74) is 7.99. The summed E-state index contributed by atoms with van der Waals surface area (Å²) in [5, 5.41) is 0. The summed E-state index contributed by atoms with van der Waals surface area (Å²) in [6.45, 7) is 4.54. The fourth-order valence-electron chi connectivity index (χ4n) is 2.10. The number of hydrogen-bond donors (Lipinski definition) is 1. The van der Waals surface area contributed by atoms with Gasteiger partial charge in [-0.05, 0) is 59.4 Å². The third-order valence-corrected chi connectivity index (χ3v) is 4.00. The summed E-state index contributed by atoms with van der Waals surface area (Å²) in [6.07, 6.45) is 5.32. The van der Waals surface area contributed by atoms with Gasteiger partial charge in [0.25, 0.3) is 0 Å². The summed E-state index contributed by atoms with van der Waals surface area (Å²) < 4.78 is 1.02. The molecule has 0 spiro atoms. The second kappa shape index (κ2) is 5.87. The molecule has 17 heavy (non-hydrogen) atoms. The van der Waals surface area contributed by atoms with Crippen LogP contribution in [0.2, 0.25) is 0 Å². The lowest BCUT2D eigenvalue weighted by Gasteiger charge is -2.22. The number of nitrogen functional groups attached to an aromatic ring is 1. The molecule has 0 bridgehead atoms. The van der Waals surface area contributed by atoms with Gasteiger partial charge in [0.05, 0.1) is 0 Å². The topological polar surface area (TPSA) is 29.3 Å². The van der Waals surface area contributed by atoms with Crippen LogP contribution in [0, 0.1) is 0 Å². The normalized spacial score (nSPS) is 15.5. The molecule has 1 aromatic rings. The Labute approximate surface area is 112 Å². The number of nitrogens with zero attached hydrogens (tertiary/aromatic N) is 1. The minimum absolute atomic E-state index is 0.820. The Hall–Kier alpha value is -0.540. The average Bonchev–Trinajstić information content (AvgIpc) is 3.13. The van der Waals surface area contributed by atoms with Crippen molar-refractivity contribution in [2.24, 2.45) is 0 Å². The van der Waals surface area contributed by atoms with E-state index in [9.17, 15) is 0 Å². The van der Waals surface area contributed by atoms with Gasteiger partial charge in [0.1, 0.15) is 0 Å². The van der Waals surface area contributed by atoms with Gasteiger partial charge < -0.3 is 5.73 Å². The van der Waals surface area contributed by atoms with E-state index in [0.717, 1.165) is 22.7 Å². The third-order valence-electron chi connectivity index (χ3n) is 3.31. The van der Waals surface area contributed by atoms with Crippen molar-refractivity contribution >= 4 is 21.6 Å². The first-order chi connectivity index (χ1) is 8.20. The highest BCUT2D eigenvalue weighted by Gasteiger charge is 2.28. The molecule has 0 aromatic heterocycles. The average molecular weight is 297 g/mol. The van der Waals surface area contributed by atoms with Gasteiger partial charge in [0, 0.05) is 22.7 Å². The Morgan fingerprint density at radius 2 is 2.18 bits per heavy atom. The van der Waals surface area contributed by atoms with Crippen LogP contribution in [0.15, 0.2) is 22.7 Å². The van der Waals surface area contributed by atoms with Crippen molar-refractivity contribution < 1.29 is 0 Å². The van der Waals surface area contributed by atoms with Crippen LogP contribution in [0.25, 0.3) is 0 Å². The van der Waals surface area contributed by atoms with Crippen LogP contribution in [0.1, 0.15) is 38.2 Å². The van der Waals surface area contributed by atoms with E-state index in [1.54, 1.807) is 0 Å². The van der Waals surface area contributed by atoms with Gasteiger partial charge in [-0.2, -0.15) is 0 Å². The van der Waals surface area contributed by atoms with Gasteiger partial charge >= 0.3 is 0 Å². The van der Waals surface area contributed by atoms with Crippen LogP contribution in [0.4, 0.5) is 5.69 Å². The Morgan fingerprint density at radius 3 is 2.76 bits per heavy atom. The molecule has 1 fully saturated rings. The Kier molecular flexibility index (Phi) is 4.46. The standard InChI is InChI=1S/C14H21BrN2/c1-2-3-8-17(12-5-6-12)10-11-4-7-14(16)13(15)9-11/h4,7,9,12H,2-3,5-6,8,10,16H2,1H3. The first kappa shape index (κ1) is 12.9. The quantitative estimate of drug-likeness (QED) is 0.809. The van der Waals surface area contributed by atoms with Gasteiger partial charge in [0.15, 0.2) is 0 Å². The second-order valence-electron chi connectivity index (χ2n) is 4.91. The summed E-state index contributed by atoms with van der Waals surface area (Å²) in [4.78, 5) is 2.61. The molecule has 3 heteroatoms. The van der Waals surface area contributed by atoms with Crippen molar-refractivity contribution in [3.8, 4) is 0 Å². The van der Waals surface area contributed by atoms with Gasteiger partial charge in [-0.15, -0.1) is 0 Å². The highest BCUT2D eigenvalue weighted by Crippen LogP contribution is 2.29. The number of unbranched alkanes of at least 4 members (excludes halogenated alkanes) is 1. The van der Waals surface area contributed by atoms with E-state index in [1.165, 1.54) is 37.8 Å². The highest BCUT2D eigenvalue weighted by atomic mass is 79.9. The molecular weight excluding hydrogens is 276 g/mol. The van der Waals surface area contributed by atoms with Crippen molar-refractivity contribution in [1.29, 1.82) is 0 Å². The van der Waals surface area contributed by atoms with Gasteiger partial charge in [0.2, 0.25) is 0 Å².